The van der Waals surface area contributed by atoms with E-state index in [9.17, 15) is 4.79 Å². The van der Waals surface area contributed by atoms with Crippen LogP contribution in [0.2, 0.25) is 0 Å². The maximum absolute atomic E-state index is 12.3. The molecule has 1 heterocycles. The third-order valence-electron chi connectivity index (χ3n) is 5.47. The molecule has 3 aliphatic rings. The normalized spacial score (nSPS) is 52.6. The summed E-state index contributed by atoms with van der Waals surface area (Å²) >= 11 is 0. The number of hydrogen-bond donors (Lipinski definition) is 0. The maximum Gasteiger partial charge on any atom is 0.168 e. The Labute approximate surface area is 103 Å². The fourth-order valence-electron chi connectivity index (χ4n) is 4.30. The minimum atomic E-state index is -0.406. The van der Waals surface area contributed by atoms with Crippen LogP contribution in [0.15, 0.2) is 12.2 Å². The second-order valence-corrected chi connectivity index (χ2v) is 6.60. The Morgan fingerprint density at radius 1 is 1.53 bits per heavy atom. The first-order valence-electron chi connectivity index (χ1n) is 6.79. The van der Waals surface area contributed by atoms with Gasteiger partial charge < -0.3 is 4.74 Å². The minimum absolute atomic E-state index is 0.163. The number of hydrogen-bond acceptors (Lipinski definition) is 2. The lowest BCUT2D eigenvalue weighted by Gasteiger charge is -2.23. The van der Waals surface area contributed by atoms with Crippen molar-refractivity contribution in [2.45, 2.75) is 57.7 Å². The van der Waals surface area contributed by atoms with Gasteiger partial charge in [-0.2, -0.15) is 0 Å². The predicted octanol–water partition coefficient (Wildman–Crippen LogP) is 3.12. The van der Waals surface area contributed by atoms with Crippen molar-refractivity contribution in [2.75, 3.05) is 0 Å². The molecule has 0 aromatic heterocycles. The van der Waals surface area contributed by atoms with Gasteiger partial charge in [0.2, 0.25) is 0 Å². The number of ketones is 1. The van der Waals surface area contributed by atoms with Crippen molar-refractivity contribution in [2.24, 2.45) is 17.8 Å². The van der Waals surface area contributed by atoms with Gasteiger partial charge in [0.05, 0.1) is 0 Å². The summed E-state index contributed by atoms with van der Waals surface area (Å²) in [6.45, 7) is 10.6. The summed E-state index contributed by atoms with van der Waals surface area (Å²) in [5, 5.41) is 0. The van der Waals surface area contributed by atoms with Gasteiger partial charge in [0.25, 0.3) is 0 Å². The molecule has 5 atom stereocenters. The quantitative estimate of drug-likeness (QED) is 0.515. The lowest BCUT2D eigenvalue weighted by molar-refractivity contribution is -0.122. The van der Waals surface area contributed by atoms with E-state index in [-0.39, 0.29) is 5.60 Å². The highest BCUT2D eigenvalue weighted by atomic mass is 16.6. The fourth-order valence-corrected chi connectivity index (χ4v) is 4.30. The number of allylic oxidation sites excluding steroid dienone is 1. The Morgan fingerprint density at radius 2 is 2.24 bits per heavy atom. The fraction of sp³-hybridized carbons (Fsp3) is 0.800. The van der Waals surface area contributed by atoms with Gasteiger partial charge in [0.15, 0.2) is 11.4 Å². The Balaban J connectivity index is 1.96. The van der Waals surface area contributed by atoms with Crippen LogP contribution in [0.4, 0.5) is 0 Å². The van der Waals surface area contributed by atoms with E-state index in [0.29, 0.717) is 30.0 Å². The van der Waals surface area contributed by atoms with E-state index in [4.69, 9.17) is 4.74 Å². The van der Waals surface area contributed by atoms with Crippen LogP contribution >= 0.6 is 0 Å². The van der Waals surface area contributed by atoms with Crippen LogP contribution in [0.5, 0.6) is 0 Å². The summed E-state index contributed by atoms with van der Waals surface area (Å²) in [4.78, 5) is 12.3. The van der Waals surface area contributed by atoms with E-state index in [1.165, 1.54) is 5.57 Å². The molecule has 1 saturated heterocycles. The molecule has 1 aliphatic heterocycles. The van der Waals surface area contributed by atoms with E-state index in [0.717, 1.165) is 19.3 Å². The second kappa shape index (κ2) is 3.23. The molecular weight excluding hydrogens is 212 g/mol. The zero-order valence-electron chi connectivity index (χ0n) is 11.1. The average Bonchev–Trinajstić information content (AvgIpc) is 2.79. The Hall–Kier alpha value is -0.630. The molecule has 0 unspecified atom stereocenters. The highest BCUT2D eigenvalue weighted by Crippen LogP contribution is 2.65. The van der Waals surface area contributed by atoms with Crippen LogP contribution in [-0.2, 0) is 9.53 Å². The second-order valence-electron chi connectivity index (χ2n) is 6.60. The highest BCUT2D eigenvalue weighted by Gasteiger charge is 2.78. The van der Waals surface area contributed by atoms with E-state index < -0.39 is 5.60 Å². The zero-order valence-corrected chi connectivity index (χ0v) is 11.1. The lowest BCUT2D eigenvalue weighted by Crippen LogP contribution is -2.33. The molecule has 2 aliphatic carbocycles. The molecule has 0 N–H and O–H groups in total. The summed E-state index contributed by atoms with van der Waals surface area (Å²) in [6.07, 6.45) is 3.95. The van der Waals surface area contributed by atoms with Crippen LogP contribution in [0, 0.1) is 17.8 Å². The molecule has 2 nitrogen and oxygen atoms in total. The summed E-state index contributed by atoms with van der Waals surface area (Å²) in [5.74, 6) is 1.84. The first-order valence-corrected chi connectivity index (χ1v) is 6.79. The number of rotatable bonds is 1. The van der Waals surface area contributed by atoms with Gasteiger partial charge in [0.1, 0.15) is 5.60 Å². The van der Waals surface area contributed by atoms with E-state index in [1.807, 2.05) is 0 Å². The molecular formula is C15H22O2. The first kappa shape index (κ1) is 11.5. The lowest BCUT2D eigenvalue weighted by atomic mass is 9.79. The first-order chi connectivity index (χ1) is 7.91. The van der Waals surface area contributed by atoms with Crippen molar-refractivity contribution in [1.29, 1.82) is 0 Å². The maximum atomic E-state index is 12.3. The molecule has 0 aromatic carbocycles. The molecule has 1 spiro atoms. The van der Waals surface area contributed by atoms with Gasteiger partial charge in [-0.3, -0.25) is 4.79 Å². The standard InChI is InChI=1S/C15H22O2/c1-9(2)11-5-6-14(4)15(17-14)12(8-11)10(3)7-13(15)16/h10-12H,1,5-8H2,2-4H3/t10-,11+,12-,14+,15+/m0/s1. The van der Waals surface area contributed by atoms with Gasteiger partial charge in [-0.1, -0.05) is 19.1 Å². The summed E-state index contributed by atoms with van der Waals surface area (Å²) in [5.41, 5.74) is 0.706. The number of epoxide rings is 1. The van der Waals surface area contributed by atoms with E-state index in [2.05, 4.69) is 27.4 Å². The van der Waals surface area contributed by atoms with Crippen molar-refractivity contribution in [1.82, 2.24) is 0 Å². The van der Waals surface area contributed by atoms with Crippen LogP contribution in [0.1, 0.15) is 46.5 Å². The van der Waals surface area contributed by atoms with Crippen LogP contribution in [0.25, 0.3) is 0 Å². The van der Waals surface area contributed by atoms with Gasteiger partial charge in [-0.05, 0) is 44.9 Å². The molecule has 0 aromatic rings. The smallest absolute Gasteiger partial charge is 0.168 e. The molecule has 3 fully saturated rings. The number of ether oxygens (including phenoxy) is 1. The van der Waals surface area contributed by atoms with Crippen molar-refractivity contribution >= 4 is 5.78 Å². The Morgan fingerprint density at radius 3 is 2.88 bits per heavy atom. The highest BCUT2D eigenvalue weighted by molar-refractivity contribution is 5.94. The van der Waals surface area contributed by atoms with Crippen molar-refractivity contribution in [3.05, 3.63) is 12.2 Å². The van der Waals surface area contributed by atoms with Gasteiger partial charge in [-0.25, -0.2) is 0 Å². The topological polar surface area (TPSA) is 29.6 Å². The molecule has 0 radical (unpaired) electrons. The molecule has 2 saturated carbocycles. The van der Waals surface area contributed by atoms with Crippen molar-refractivity contribution in [3.63, 3.8) is 0 Å². The molecule has 94 valence electrons. The summed E-state index contributed by atoms with van der Waals surface area (Å²) < 4.78 is 5.99. The third kappa shape index (κ3) is 1.28. The molecule has 2 heteroatoms. The number of carbonyl (C=O) groups is 1. The molecule has 3 rings (SSSR count). The number of Topliss-reactive ketones (excluding diaryl/α,β-unsaturated/α-hetero) is 1. The van der Waals surface area contributed by atoms with Crippen LogP contribution < -0.4 is 0 Å². The van der Waals surface area contributed by atoms with Gasteiger partial charge >= 0.3 is 0 Å². The third-order valence-corrected chi connectivity index (χ3v) is 5.47. The predicted molar refractivity (Wildman–Crippen MR) is 66.7 cm³/mol. The monoisotopic (exact) mass is 234 g/mol. The minimum Gasteiger partial charge on any atom is -0.354 e. The Bertz CT molecular complexity index is 400. The molecule has 0 amide bonds. The van der Waals surface area contributed by atoms with Crippen LogP contribution in [0.3, 0.4) is 0 Å². The molecule has 17 heavy (non-hydrogen) atoms. The SMILES string of the molecule is C=C(C)[C@@H]1CC[C@@]2(C)O[C@]23C(=O)C[C@H](C)[C@@H]3C1. The summed E-state index contributed by atoms with van der Waals surface area (Å²) in [7, 11) is 0. The van der Waals surface area contributed by atoms with Crippen LogP contribution in [-0.4, -0.2) is 17.0 Å². The zero-order chi connectivity index (χ0) is 12.4. The van der Waals surface area contributed by atoms with E-state index >= 15 is 0 Å². The Kier molecular flexibility index (Phi) is 2.17. The average molecular weight is 234 g/mol. The van der Waals surface area contributed by atoms with E-state index in [1.54, 1.807) is 0 Å². The molecule has 0 bridgehead atoms. The summed E-state index contributed by atoms with van der Waals surface area (Å²) in [6, 6.07) is 0. The van der Waals surface area contributed by atoms with Gasteiger partial charge in [-0.15, -0.1) is 0 Å². The van der Waals surface area contributed by atoms with Gasteiger partial charge in [0, 0.05) is 12.3 Å². The largest absolute Gasteiger partial charge is 0.354 e. The number of carbonyl (C=O) groups excluding carboxylic acids is 1. The van der Waals surface area contributed by atoms with Crippen molar-refractivity contribution in [3.8, 4) is 0 Å². The van der Waals surface area contributed by atoms with Crippen molar-refractivity contribution < 1.29 is 9.53 Å².